The Hall–Kier alpha value is -9.30. The number of nitrogens with zero attached hydrogens (tertiary/aromatic N) is 6. The zero-order valence-corrected chi connectivity index (χ0v) is 55.1. The van der Waals surface area contributed by atoms with Gasteiger partial charge in [-0.1, -0.05) is 182 Å². The largest absolute Gasteiger partial charge is 0.445 e. The first-order valence-electron chi connectivity index (χ1n) is 33.1. The third kappa shape index (κ3) is 32.7. The first kappa shape index (κ1) is 74.1. The first-order valence-corrected chi connectivity index (χ1v) is 33.1. The lowest BCUT2D eigenvalue weighted by Gasteiger charge is -2.34. The topological polar surface area (TPSA) is 249 Å². The van der Waals surface area contributed by atoms with E-state index in [2.05, 4.69) is 61.3 Å². The van der Waals surface area contributed by atoms with E-state index in [1.165, 1.54) is 0 Å². The van der Waals surface area contributed by atoms with Gasteiger partial charge in [0, 0.05) is 157 Å². The van der Waals surface area contributed by atoms with Crippen molar-refractivity contribution in [3.05, 3.63) is 215 Å². The molecule has 1 aliphatic heterocycles. The van der Waals surface area contributed by atoms with Crippen LogP contribution in [0.3, 0.4) is 0 Å². The molecule has 516 valence electrons. The SMILES string of the molecule is O=C(NCCN1CCN(CCNC(=O)OCc2ccccc2)CCN(CCNC(=O)OCc2ccccc2)CCN(CCNC(=O)OCc2ccccc2)CCN(CCNC(=O)OCc2ccccc2)CCN(CCNC(=O)OCc2ccccc2)CC1)OCc1ccccc1. The molecule has 0 radical (unpaired) electrons. The molecule has 0 aliphatic carbocycles. The Bertz CT molecular complexity index is 2560. The van der Waals surface area contributed by atoms with Gasteiger partial charge in [-0.05, 0) is 33.4 Å². The Kier molecular flexibility index (Phi) is 34.8. The predicted octanol–water partition coefficient (Wildman–Crippen LogP) is 7.37. The van der Waals surface area contributed by atoms with Gasteiger partial charge in [-0.25, -0.2) is 28.8 Å². The van der Waals surface area contributed by atoms with Crippen LogP contribution in [0.5, 0.6) is 0 Å². The summed E-state index contributed by atoms with van der Waals surface area (Å²) in [5.41, 5.74) is 5.22. The third-order valence-electron chi connectivity index (χ3n) is 15.9. The number of hydrogen-bond acceptors (Lipinski definition) is 18. The van der Waals surface area contributed by atoms with E-state index < -0.39 is 36.6 Å². The van der Waals surface area contributed by atoms with Gasteiger partial charge in [0.25, 0.3) is 0 Å². The van der Waals surface area contributed by atoms with E-state index >= 15 is 0 Å². The van der Waals surface area contributed by atoms with Crippen LogP contribution < -0.4 is 31.9 Å². The highest BCUT2D eigenvalue weighted by atomic mass is 16.6. The average Bonchev–Trinajstić information content (AvgIpc) is 3.09. The molecule has 0 unspecified atom stereocenters. The van der Waals surface area contributed by atoms with Gasteiger partial charge in [0.2, 0.25) is 0 Å². The summed E-state index contributed by atoms with van der Waals surface area (Å²) in [4.78, 5) is 92.6. The van der Waals surface area contributed by atoms with Crippen molar-refractivity contribution in [1.82, 2.24) is 61.3 Å². The number of alkyl carbamates (subject to hydrolysis) is 6. The van der Waals surface area contributed by atoms with Crippen LogP contribution in [-0.2, 0) is 68.1 Å². The Morgan fingerprint density at radius 1 is 0.219 bits per heavy atom. The van der Waals surface area contributed by atoms with E-state index in [4.69, 9.17) is 28.4 Å². The van der Waals surface area contributed by atoms with E-state index in [1.807, 2.05) is 182 Å². The second kappa shape index (κ2) is 45.1. The molecule has 6 aromatic carbocycles. The fraction of sp³-hybridized carbons (Fsp3) is 0.417. The minimum atomic E-state index is -0.534. The van der Waals surface area contributed by atoms with Crippen LogP contribution in [0.15, 0.2) is 182 Å². The summed E-state index contributed by atoms with van der Waals surface area (Å²) in [6, 6.07) is 56.9. The molecule has 1 aliphatic rings. The Morgan fingerprint density at radius 3 is 0.469 bits per heavy atom. The number of carbonyl (C=O) groups excluding carboxylic acids is 6. The van der Waals surface area contributed by atoms with Crippen molar-refractivity contribution in [2.75, 3.05) is 157 Å². The molecule has 96 heavy (non-hydrogen) atoms. The maximum atomic E-state index is 13.1. The van der Waals surface area contributed by atoms with E-state index in [9.17, 15) is 28.8 Å². The molecule has 1 fully saturated rings. The summed E-state index contributed by atoms with van der Waals surface area (Å²) in [5.74, 6) is 0. The summed E-state index contributed by atoms with van der Waals surface area (Å²) in [6.07, 6.45) is -3.20. The van der Waals surface area contributed by atoms with E-state index in [-0.39, 0.29) is 39.6 Å². The molecule has 6 amide bonds. The van der Waals surface area contributed by atoms with Crippen molar-refractivity contribution in [2.45, 2.75) is 39.6 Å². The lowest BCUT2D eigenvalue weighted by molar-refractivity contribution is 0.119. The van der Waals surface area contributed by atoms with Crippen LogP contribution in [0.1, 0.15) is 33.4 Å². The maximum absolute atomic E-state index is 13.1. The summed E-state index contributed by atoms with van der Waals surface area (Å²) in [5, 5.41) is 17.7. The number of hydrogen-bond donors (Lipinski definition) is 6. The smallest absolute Gasteiger partial charge is 0.407 e. The van der Waals surface area contributed by atoms with Crippen LogP contribution in [0.25, 0.3) is 0 Å². The van der Waals surface area contributed by atoms with Gasteiger partial charge in [-0.3, -0.25) is 29.4 Å². The Labute approximate surface area is 564 Å². The zero-order chi connectivity index (χ0) is 67.3. The van der Waals surface area contributed by atoms with Crippen LogP contribution in [0.2, 0.25) is 0 Å². The third-order valence-corrected chi connectivity index (χ3v) is 15.9. The zero-order valence-electron chi connectivity index (χ0n) is 55.1. The fourth-order valence-electron chi connectivity index (χ4n) is 10.3. The number of amides is 6. The van der Waals surface area contributed by atoms with E-state index in [1.54, 1.807) is 0 Å². The summed E-state index contributed by atoms with van der Waals surface area (Å²) in [7, 11) is 0. The molecule has 0 saturated carbocycles. The van der Waals surface area contributed by atoms with Crippen LogP contribution in [-0.4, -0.2) is 223 Å². The molecule has 24 nitrogen and oxygen atoms in total. The second-order valence-electron chi connectivity index (χ2n) is 23.0. The van der Waals surface area contributed by atoms with E-state index in [0.29, 0.717) is 157 Å². The number of rotatable bonds is 30. The van der Waals surface area contributed by atoms with E-state index in [0.717, 1.165) is 33.4 Å². The van der Waals surface area contributed by atoms with Crippen molar-refractivity contribution in [3.8, 4) is 0 Å². The van der Waals surface area contributed by atoms with Crippen LogP contribution in [0, 0.1) is 0 Å². The molecule has 6 N–H and O–H groups in total. The minimum absolute atomic E-state index is 0.125. The average molecular weight is 1320 g/mol. The molecule has 0 spiro atoms. The number of benzene rings is 6. The molecule has 0 bridgehead atoms. The Balaban J connectivity index is 1.12. The number of ether oxygens (including phenoxy) is 6. The molecule has 1 heterocycles. The summed E-state index contributed by atoms with van der Waals surface area (Å²) < 4.78 is 33.6. The van der Waals surface area contributed by atoms with Crippen molar-refractivity contribution in [1.29, 1.82) is 0 Å². The van der Waals surface area contributed by atoms with Crippen molar-refractivity contribution >= 4 is 36.6 Å². The highest BCUT2D eigenvalue weighted by Gasteiger charge is 2.20. The molecular weight excluding hydrogens is 1220 g/mol. The van der Waals surface area contributed by atoms with Crippen molar-refractivity contribution in [2.24, 2.45) is 0 Å². The lowest BCUT2D eigenvalue weighted by atomic mass is 10.2. The lowest BCUT2D eigenvalue weighted by Crippen LogP contribution is -2.50. The number of nitrogens with one attached hydrogen (secondary N) is 6. The molecule has 1 saturated heterocycles. The van der Waals surface area contributed by atoms with Gasteiger partial charge in [0.1, 0.15) is 39.6 Å². The quantitative estimate of drug-likeness (QED) is 0.0241. The summed E-state index contributed by atoms with van der Waals surface area (Å²) >= 11 is 0. The molecule has 24 heteroatoms. The monoisotopic (exact) mass is 1320 g/mol. The van der Waals surface area contributed by atoms with Gasteiger partial charge >= 0.3 is 36.6 Å². The highest BCUT2D eigenvalue weighted by molar-refractivity contribution is 5.69. The molecule has 0 aromatic heterocycles. The van der Waals surface area contributed by atoms with Gasteiger partial charge < -0.3 is 60.3 Å². The minimum Gasteiger partial charge on any atom is -0.445 e. The van der Waals surface area contributed by atoms with Gasteiger partial charge in [-0.2, -0.15) is 0 Å². The standard InChI is InChI=1S/C72H96N12O12/c85-67(91-55-61-19-7-1-8-20-61)73-31-37-79-43-45-80(38-32-74-68(86)92-56-62-21-9-2-10-22-62)47-49-82(40-34-76-70(88)94-58-64-25-13-4-14-26-64)51-53-84(42-36-78-72(90)96-60-66-29-17-6-18-30-66)54-52-83(41-35-77-71(89)95-59-65-27-15-5-16-28-65)50-48-81(46-44-79)39-33-75-69(87)93-57-63-23-11-3-12-24-63/h1-30H,31-60H2,(H,73,85)(H,74,86)(H,75,87)(H,76,88)(H,77,89)(H,78,90). The maximum Gasteiger partial charge on any atom is 0.407 e. The molecule has 0 atom stereocenters. The van der Waals surface area contributed by atoms with Crippen LogP contribution >= 0.6 is 0 Å². The van der Waals surface area contributed by atoms with Gasteiger partial charge in [0.15, 0.2) is 0 Å². The van der Waals surface area contributed by atoms with Gasteiger partial charge in [-0.15, -0.1) is 0 Å². The fourth-order valence-corrected chi connectivity index (χ4v) is 10.3. The highest BCUT2D eigenvalue weighted by Crippen LogP contribution is 2.09. The normalized spacial score (nSPS) is 14.5. The number of carbonyl (C=O) groups is 6. The first-order chi connectivity index (χ1) is 47.1. The van der Waals surface area contributed by atoms with Gasteiger partial charge in [0.05, 0.1) is 0 Å². The predicted molar refractivity (Wildman–Crippen MR) is 366 cm³/mol. The molecule has 6 aromatic rings. The Morgan fingerprint density at radius 2 is 0.344 bits per heavy atom. The molecular formula is C72H96N12O12. The van der Waals surface area contributed by atoms with Crippen molar-refractivity contribution < 1.29 is 57.2 Å². The summed E-state index contributed by atoms with van der Waals surface area (Å²) in [6.45, 7) is 12.2. The van der Waals surface area contributed by atoms with Crippen molar-refractivity contribution in [3.63, 3.8) is 0 Å². The second-order valence-corrected chi connectivity index (χ2v) is 23.0. The molecule has 7 rings (SSSR count). The van der Waals surface area contributed by atoms with Crippen LogP contribution in [0.4, 0.5) is 28.8 Å².